The van der Waals surface area contributed by atoms with Crippen molar-refractivity contribution in [3.63, 3.8) is 0 Å². The average Bonchev–Trinajstić information content (AvgIpc) is 3.53. The lowest BCUT2D eigenvalue weighted by Gasteiger charge is -2.20. The number of benzene rings is 2. The standard InChI is InChI=1S/C24H21N5O2S/c30-23(16-7-5-8-17(15-16)25-24(31)20-11-6-14-32-20)28-21-22(29-12-3-4-13-29)27-19-10-2-1-9-18(19)26-21/h1-2,5-11,14-15H,3-4,12-13H2,(H,25,31)(H,26,28,30). The Morgan fingerprint density at radius 2 is 1.62 bits per heavy atom. The first kappa shape index (κ1) is 20.1. The van der Waals surface area contributed by atoms with Gasteiger partial charge in [-0.25, -0.2) is 9.97 Å². The molecule has 0 unspecified atom stereocenters. The second-order valence-electron chi connectivity index (χ2n) is 7.55. The van der Waals surface area contributed by atoms with Gasteiger partial charge in [0.05, 0.1) is 15.9 Å². The zero-order valence-electron chi connectivity index (χ0n) is 17.2. The van der Waals surface area contributed by atoms with Gasteiger partial charge in [-0.05, 0) is 54.6 Å². The van der Waals surface area contributed by atoms with Crippen molar-refractivity contribution in [3.05, 3.63) is 76.5 Å². The molecule has 32 heavy (non-hydrogen) atoms. The number of aromatic nitrogens is 2. The van der Waals surface area contributed by atoms with Crippen LogP contribution in [0.25, 0.3) is 11.0 Å². The zero-order valence-corrected chi connectivity index (χ0v) is 18.1. The molecule has 1 saturated heterocycles. The molecule has 2 N–H and O–H groups in total. The summed E-state index contributed by atoms with van der Waals surface area (Å²) in [4.78, 5) is 37.7. The molecular formula is C24H21N5O2S. The first-order valence-corrected chi connectivity index (χ1v) is 11.3. The third-order valence-corrected chi connectivity index (χ3v) is 6.19. The third-order valence-electron chi connectivity index (χ3n) is 5.32. The van der Waals surface area contributed by atoms with Crippen molar-refractivity contribution in [3.8, 4) is 0 Å². The van der Waals surface area contributed by atoms with Crippen LogP contribution < -0.4 is 15.5 Å². The summed E-state index contributed by atoms with van der Waals surface area (Å²) in [6, 6.07) is 18.1. The number of amides is 2. The normalized spacial score (nSPS) is 13.3. The minimum Gasteiger partial charge on any atom is -0.354 e. The number of fused-ring (bicyclic) bond motifs is 1. The van der Waals surface area contributed by atoms with Crippen molar-refractivity contribution in [2.24, 2.45) is 0 Å². The second-order valence-corrected chi connectivity index (χ2v) is 8.49. The van der Waals surface area contributed by atoms with E-state index in [-0.39, 0.29) is 11.8 Å². The van der Waals surface area contributed by atoms with Gasteiger partial charge in [-0.2, -0.15) is 0 Å². The van der Waals surface area contributed by atoms with Gasteiger partial charge < -0.3 is 15.5 Å². The lowest BCUT2D eigenvalue weighted by molar-refractivity contribution is 0.101. The minimum atomic E-state index is -0.303. The number of carbonyl (C=O) groups is 2. The molecule has 0 aliphatic carbocycles. The highest BCUT2D eigenvalue weighted by Gasteiger charge is 2.21. The van der Waals surface area contributed by atoms with E-state index in [0.29, 0.717) is 27.8 Å². The summed E-state index contributed by atoms with van der Waals surface area (Å²) >= 11 is 1.37. The number of hydrogen-bond acceptors (Lipinski definition) is 6. The average molecular weight is 444 g/mol. The van der Waals surface area contributed by atoms with Crippen LogP contribution in [-0.4, -0.2) is 34.9 Å². The van der Waals surface area contributed by atoms with Crippen LogP contribution in [0.3, 0.4) is 0 Å². The van der Waals surface area contributed by atoms with Crippen molar-refractivity contribution in [2.75, 3.05) is 28.6 Å². The summed E-state index contributed by atoms with van der Waals surface area (Å²) in [5.41, 5.74) is 2.50. The highest BCUT2D eigenvalue weighted by Crippen LogP contribution is 2.28. The van der Waals surface area contributed by atoms with Crippen molar-refractivity contribution < 1.29 is 9.59 Å². The number of para-hydroxylation sites is 2. The molecule has 5 rings (SSSR count). The van der Waals surface area contributed by atoms with Crippen molar-refractivity contribution in [1.29, 1.82) is 0 Å². The molecule has 0 saturated carbocycles. The van der Waals surface area contributed by atoms with E-state index in [0.717, 1.165) is 37.0 Å². The van der Waals surface area contributed by atoms with Crippen LogP contribution >= 0.6 is 11.3 Å². The van der Waals surface area contributed by atoms with Gasteiger partial charge >= 0.3 is 0 Å². The fourth-order valence-electron chi connectivity index (χ4n) is 3.74. The predicted octanol–water partition coefficient (Wildman–Crippen LogP) is 4.80. The SMILES string of the molecule is O=C(Nc1nc2ccccc2nc1N1CCCC1)c1cccc(NC(=O)c2cccs2)c1. The molecule has 8 heteroatoms. The van der Waals surface area contributed by atoms with Gasteiger partial charge in [-0.15, -0.1) is 11.3 Å². The summed E-state index contributed by atoms with van der Waals surface area (Å²) in [6.07, 6.45) is 2.18. The molecular weight excluding hydrogens is 422 g/mol. The van der Waals surface area contributed by atoms with E-state index < -0.39 is 0 Å². The molecule has 0 bridgehead atoms. The Labute approximate surface area is 189 Å². The highest BCUT2D eigenvalue weighted by atomic mass is 32.1. The lowest BCUT2D eigenvalue weighted by Crippen LogP contribution is -2.23. The molecule has 0 spiro atoms. The van der Waals surface area contributed by atoms with Gasteiger partial charge in [0.25, 0.3) is 11.8 Å². The Morgan fingerprint density at radius 1 is 0.844 bits per heavy atom. The lowest BCUT2D eigenvalue weighted by atomic mass is 10.2. The number of nitrogens with zero attached hydrogens (tertiary/aromatic N) is 3. The van der Waals surface area contributed by atoms with Crippen LogP contribution in [0.5, 0.6) is 0 Å². The minimum absolute atomic E-state index is 0.200. The molecule has 4 aromatic rings. The van der Waals surface area contributed by atoms with Gasteiger partial charge in [0.2, 0.25) is 0 Å². The number of anilines is 3. The molecule has 1 aliphatic heterocycles. The van der Waals surface area contributed by atoms with E-state index >= 15 is 0 Å². The smallest absolute Gasteiger partial charge is 0.265 e. The Balaban J connectivity index is 1.41. The number of nitrogens with one attached hydrogen (secondary N) is 2. The molecule has 160 valence electrons. The Hall–Kier alpha value is -3.78. The summed E-state index contributed by atoms with van der Waals surface area (Å²) in [5.74, 6) is 0.636. The molecule has 0 atom stereocenters. The Bertz CT molecular complexity index is 1280. The van der Waals surface area contributed by atoms with Gasteiger partial charge in [-0.1, -0.05) is 24.3 Å². The first-order valence-electron chi connectivity index (χ1n) is 10.5. The number of rotatable bonds is 5. The van der Waals surface area contributed by atoms with Crippen LogP contribution in [-0.2, 0) is 0 Å². The topological polar surface area (TPSA) is 87.2 Å². The summed E-state index contributed by atoms with van der Waals surface area (Å²) in [6.45, 7) is 1.78. The summed E-state index contributed by atoms with van der Waals surface area (Å²) < 4.78 is 0. The zero-order chi connectivity index (χ0) is 21.9. The molecule has 2 aromatic heterocycles. The van der Waals surface area contributed by atoms with Gasteiger partial charge in [0, 0.05) is 24.3 Å². The molecule has 1 aliphatic rings. The number of carbonyl (C=O) groups excluding carboxylic acids is 2. The van der Waals surface area contributed by atoms with Crippen LogP contribution in [0.15, 0.2) is 66.0 Å². The Morgan fingerprint density at radius 3 is 2.38 bits per heavy atom. The van der Waals surface area contributed by atoms with Gasteiger partial charge in [0.15, 0.2) is 11.6 Å². The largest absolute Gasteiger partial charge is 0.354 e. The van der Waals surface area contributed by atoms with E-state index in [1.54, 1.807) is 30.3 Å². The van der Waals surface area contributed by atoms with E-state index in [9.17, 15) is 9.59 Å². The summed E-state index contributed by atoms with van der Waals surface area (Å²) in [5, 5.41) is 7.63. The van der Waals surface area contributed by atoms with Crippen LogP contribution in [0.4, 0.5) is 17.3 Å². The summed E-state index contributed by atoms with van der Waals surface area (Å²) in [7, 11) is 0. The van der Waals surface area contributed by atoms with E-state index in [1.807, 2.05) is 35.7 Å². The van der Waals surface area contributed by atoms with Gasteiger partial charge in [-0.3, -0.25) is 9.59 Å². The number of hydrogen-bond donors (Lipinski definition) is 2. The van der Waals surface area contributed by atoms with Crippen molar-refractivity contribution in [1.82, 2.24) is 9.97 Å². The molecule has 2 amide bonds. The number of thiophene rings is 1. The Kier molecular flexibility index (Phi) is 5.51. The van der Waals surface area contributed by atoms with Crippen LogP contribution in [0, 0.1) is 0 Å². The first-order chi connectivity index (χ1) is 15.7. The fourth-order valence-corrected chi connectivity index (χ4v) is 4.36. The van der Waals surface area contributed by atoms with E-state index in [1.165, 1.54) is 11.3 Å². The monoisotopic (exact) mass is 443 g/mol. The molecule has 3 heterocycles. The quantitative estimate of drug-likeness (QED) is 0.463. The van der Waals surface area contributed by atoms with Crippen molar-refractivity contribution in [2.45, 2.75) is 12.8 Å². The van der Waals surface area contributed by atoms with E-state index in [4.69, 9.17) is 4.98 Å². The molecule has 1 fully saturated rings. The predicted molar refractivity (Wildman–Crippen MR) is 128 cm³/mol. The highest BCUT2D eigenvalue weighted by molar-refractivity contribution is 7.12. The second kappa shape index (κ2) is 8.76. The molecule has 2 aromatic carbocycles. The molecule has 7 nitrogen and oxygen atoms in total. The molecule has 0 radical (unpaired) electrons. The van der Waals surface area contributed by atoms with E-state index in [2.05, 4.69) is 20.5 Å². The third kappa shape index (κ3) is 4.17. The maximum atomic E-state index is 13.1. The van der Waals surface area contributed by atoms with Crippen LogP contribution in [0.2, 0.25) is 0 Å². The van der Waals surface area contributed by atoms with Crippen molar-refractivity contribution >= 4 is 51.5 Å². The maximum absolute atomic E-state index is 13.1. The van der Waals surface area contributed by atoms with Gasteiger partial charge in [0.1, 0.15) is 0 Å². The maximum Gasteiger partial charge on any atom is 0.265 e. The fraction of sp³-hybridized carbons (Fsp3) is 0.167. The van der Waals surface area contributed by atoms with Crippen LogP contribution in [0.1, 0.15) is 32.9 Å².